The molecule has 1 aromatic heterocycles. The lowest BCUT2D eigenvalue weighted by atomic mass is 10.1. The Morgan fingerprint density at radius 2 is 2.00 bits per heavy atom. The number of carbonyl (C=O) groups excluding carboxylic acids is 1. The second kappa shape index (κ2) is 7.36. The summed E-state index contributed by atoms with van der Waals surface area (Å²) in [7, 11) is 0. The Kier molecular flexibility index (Phi) is 5.00. The molecule has 0 saturated heterocycles. The predicted molar refractivity (Wildman–Crippen MR) is 94.6 cm³/mol. The van der Waals surface area contributed by atoms with Gasteiger partial charge in [-0.1, -0.05) is 11.6 Å². The van der Waals surface area contributed by atoms with Crippen molar-refractivity contribution in [1.82, 2.24) is 10.2 Å². The van der Waals surface area contributed by atoms with Gasteiger partial charge in [-0.05, 0) is 55.5 Å². The number of rotatable bonds is 5. The fourth-order valence-corrected chi connectivity index (χ4v) is 2.47. The van der Waals surface area contributed by atoms with Crippen LogP contribution in [-0.4, -0.2) is 22.7 Å². The Morgan fingerprint density at radius 3 is 2.68 bits per heavy atom. The summed E-state index contributed by atoms with van der Waals surface area (Å²) in [6.07, 6.45) is 0. The largest absolute Gasteiger partial charge is 0.494 e. The van der Waals surface area contributed by atoms with E-state index in [9.17, 15) is 9.18 Å². The van der Waals surface area contributed by atoms with Crippen molar-refractivity contribution in [3.63, 3.8) is 0 Å². The standard InChI is InChI=1S/C18H15ClFN3O2/c1-2-25-13-6-3-11(4-7-13)16-10-17(23-22-16)18(24)21-15-8-5-12(20)9-14(15)19/h3-10H,2H2,1H3,(H,21,24)(H,22,23). The van der Waals surface area contributed by atoms with E-state index in [0.717, 1.165) is 17.4 Å². The summed E-state index contributed by atoms with van der Waals surface area (Å²) in [5.74, 6) is -0.119. The maximum atomic E-state index is 13.1. The van der Waals surface area contributed by atoms with E-state index in [-0.39, 0.29) is 10.7 Å². The molecule has 25 heavy (non-hydrogen) atoms. The van der Waals surface area contributed by atoms with Gasteiger partial charge in [0.15, 0.2) is 0 Å². The Bertz CT molecular complexity index is 894. The summed E-state index contributed by atoms with van der Waals surface area (Å²) in [5, 5.41) is 9.57. The number of aromatic nitrogens is 2. The first-order valence-corrected chi connectivity index (χ1v) is 7.99. The van der Waals surface area contributed by atoms with Gasteiger partial charge in [0, 0.05) is 5.56 Å². The molecule has 3 aromatic rings. The summed E-state index contributed by atoms with van der Waals surface area (Å²) >= 11 is 5.91. The Morgan fingerprint density at radius 1 is 1.24 bits per heavy atom. The lowest BCUT2D eigenvalue weighted by molar-refractivity contribution is 0.102. The van der Waals surface area contributed by atoms with Crippen LogP contribution in [0.2, 0.25) is 5.02 Å². The lowest BCUT2D eigenvalue weighted by Crippen LogP contribution is -2.12. The average Bonchev–Trinajstić information content (AvgIpc) is 3.08. The van der Waals surface area contributed by atoms with Crippen LogP contribution in [0.4, 0.5) is 10.1 Å². The van der Waals surface area contributed by atoms with E-state index in [1.54, 1.807) is 6.07 Å². The molecule has 0 unspecified atom stereocenters. The predicted octanol–water partition coefficient (Wildman–Crippen LogP) is 4.52. The average molecular weight is 360 g/mol. The number of hydrogen-bond donors (Lipinski definition) is 2. The Hall–Kier alpha value is -2.86. The summed E-state index contributed by atoms with van der Waals surface area (Å²) in [6, 6.07) is 12.8. The Balaban J connectivity index is 1.75. The molecule has 0 aliphatic rings. The molecule has 2 aromatic carbocycles. The molecular formula is C18H15ClFN3O2. The maximum absolute atomic E-state index is 13.1. The van der Waals surface area contributed by atoms with Gasteiger partial charge in [-0.15, -0.1) is 0 Å². The molecule has 0 fully saturated rings. The maximum Gasteiger partial charge on any atom is 0.273 e. The van der Waals surface area contributed by atoms with Gasteiger partial charge in [0.1, 0.15) is 17.3 Å². The first-order chi connectivity index (χ1) is 12.1. The second-order valence-electron chi connectivity index (χ2n) is 5.20. The minimum atomic E-state index is -0.470. The van der Waals surface area contributed by atoms with Crippen molar-refractivity contribution >= 4 is 23.2 Å². The van der Waals surface area contributed by atoms with Gasteiger partial charge in [0.05, 0.1) is 23.0 Å². The number of halogens is 2. The van der Waals surface area contributed by atoms with Crippen LogP contribution in [0.25, 0.3) is 11.3 Å². The molecule has 128 valence electrons. The normalized spacial score (nSPS) is 10.5. The van der Waals surface area contributed by atoms with Crippen molar-refractivity contribution in [3.05, 3.63) is 65.1 Å². The van der Waals surface area contributed by atoms with Crippen molar-refractivity contribution in [2.75, 3.05) is 11.9 Å². The number of amides is 1. The topological polar surface area (TPSA) is 67.0 Å². The van der Waals surface area contributed by atoms with E-state index in [4.69, 9.17) is 16.3 Å². The highest BCUT2D eigenvalue weighted by atomic mass is 35.5. The molecule has 2 N–H and O–H groups in total. The van der Waals surface area contributed by atoms with Gasteiger partial charge in [-0.25, -0.2) is 4.39 Å². The SMILES string of the molecule is CCOc1ccc(-c2cc(C(=O)Nc3ccc(F)cc3Cl)[nH]n2)cc1. The van der Waals surface area contributed by atoms with Gasteiger partial charge >= 0.3 is 0 Å². The van der Waals surface area contributed by atoms with Crippen LogP contribution in [0, 0.1) is 5.82 Å². The number of nitrogens with zero attached hydrogens (tertiary/aromatic N) is 1. The van der Waals surface area contributed by atoms with E-state index < -0.39 is 11.7 Å². The third kappa shape index (κ3) is 3.97. The molecule has 0 bridgehead atoms. The van der Waals surface area contributed by atoms with E-state index >= 15 is 0 Å². The van der Waals surface area contributed by atoms with E-state index in [1.165, 1.54) is 12.1 Å². The number of hydrogen-bond acceptors (Lipinski definition) is 3. The van der Waals surface area contributed by atoms with Crippen LogP contribution >= 0.6 is 11.6 Å². The number of aromatic amines is 1. The summed E-state index contributed by atoms with van der Waals surface area (Å²) < 4.78 is 18.4. The van der Waals surface area contributed by atoms with Crippen molar-refractivity contribution in [2.24, 2.45) is 0 Å². The smallest absolute Gasteiger partial charge is 0.273 e. The van der Waals surface area contributed by atoms with E-state index in [1.807, 2.05) is 31.2 Å². The fourth-order valence-electron chi connectivity index (χ4n) is 2.26. The molecule has 0 aliphatic carbocycles. The number of carbonyl (C=O) groups is 1. The first-order valence-electron chi connectivity index (χ1n) is 7.62. The van der Waals surface area contributed by atoms with Crippen molar-refractivity contribution < 1.29 is 13.9 Å². The van der Waals surface area contributed by atoms with E-state index in [2.05, 4.69) is 15.5 Å². The number of H-pyrrole nitrogens is 1. The number of nitrogens with one attached hydrogen (secondary N) is 2. The molecule has 3 rings (SSSR count). The molecule has 0 spiro atoms. The van der Waals surface area contributed by atoms with Crippen molar-refractivity contribution in [3.8, 4) is 17.0 Å². The number of anilines is 1. The molecule has 5 nitrogen and oxygen atoms in total. The van der Waals surface area contributed by atoms with Gasteiger partial charge in [-0.2, -0.15) is 5.10 Å². The Labute approximate surface area is 148 Å². The van der Waals surface area contributed by atoms with Crippen LogP contribution in [0.15, 0.2) is 48.5 Å². The highest BCUT2D eigenvalue weighted by Crippen LogP contribution is 2.24. The number of benzene rings is 2. The second-order valence-corrected chi connectivity index (χ2v) is 5.61. The van der Waals surface area contributed by atoms with Crippen LogP contribution in [0.1, 0.15) is 17.4 Å². The molecule has 1 heterocycles. The van der Waals surface area contributed by atoms with Crippen molar-refractivity contribution in [1.29, 1.82) is 0 Å². The van der Waals surface area contributed by atoms with Crippen LogP contribution < -0.4 is 10.1 Å². The van der Waals surface area contributed by atoms with E-state index in [0.29, 0.717) is 18.0 Å². The molecule has 0 saturated carbocycles. The monoisotopic (exact) mass is 359 g/mol. The highest BCUT2D eigenvalue weighted by Gasteiger charge is 2.13. The number of ether oxygens (including phenoxy) is 1. The molecule has 0 atom stereocenters. The van der Waals surface area contributed by atoms with Crippen LogP contribution in [-0.2, 0) is 0 Å². The zero-order valence-electron chi connectivity index (χ0n) is 13.3. The van der Waals surface area contributed by atoms with Gasteiger partial charge in [0.2, 0.25) is 0 Å². The highest BCUT2D eigenvalue weighted by molar-refractivity contribution is 6.33. The van der Waals surface area contributed by atoms with Gasteiger partial charge in [-0.3, -0.25) is 9.89 Å². The summed E-state index contributed by atoms with van der Waals surface area (Å²) in [4.78, 5) is 12.3. The molecule has 0 radical (unpaired) electrons. The van der Waals surface area contributed by atoms with Gasteiger partial charge < -0.3 is 10.1 Å². The van der Waals surface area contributed by atoms with Crippen molar-refractivity contribution in [2.45, 2.75) is 6.92 Å². The fraction of sp³-hybridized carbons (Fsp3) is 0.111. The summed E-state index contributed by atoms with van der Waals surface area (Å²) in [5.41, 5.74) is 2.06. The lowest BCUT2D eigenvalue weighted by Gasteiger charge is -2.05. The van der Waals surface area contributed by atoms with Crippen LogP contribution in [0.5, 0.6) is 5.75 Å². The molecule has 7 heteroatoms. The third-order valence-corrected chi connectivity index (χ3v) is 3.78. The first kappa shape index (κ1) is 17.0. The zero-order valence-corrected chi connectivity index (χ0v) is 14.1. The summed E-state index contributed by atoms with van der Waals surface area (Å²) in [6.45, 7) is 2.51. The minimum Gasteiger partial charge on any atom is -0.494 e. The molecular weight excluding hydrogens is 345 g/mol. The minimum absolute atomic E-state index is 0.125. The quantitative estimate of drug-likeness (QED) is 0.703. The molecule has 0 aliphatic heterocycles. The van der Waals surface area contributed by atoms with Crippen LogP contribution in [0.3, 0.4) is 0 Å². The van der Waals surface area contributed by atoms with Gasteiger partial charge in [0.25, 0.3) is 5.91 Å². The third-order valence-electron chi connectivity index (χ3n) is 3.46. The zero-order chi connectivity index (χ0) is 17.8. The molecule has 1 amide bonds.